The third-order valence-electron chi connectivity index (χ3n) is 4.52. The van der Waals surface area contributed by atoms with E-state index >= 15 is 0 Å². The molecule has 0 spiro atoms. The maximum atomic E-state index is 12.1. The summed E-state index contributed by atoms with van der Waals surface area (Å²) in [5, 5.41) is 3.07. The van der Waals surface area contributed by atoms with Crippen LogP contribution in [0.25, 0.3) is 0 Å². The summed E-state index contributed by atoms with van der Waals surface area (Å²) in [6.45, 7) is 4.10. The molecule has 0 radical (unpaired) electrons. The van der Waals surface area contributed by atoms with Crippen molar-refractivity contribution in [2.24, 2.45) is 5.92 Å². The Morgan fingerprint density at radius 2 is 1.74 bits per heavy atom. The molecule has 1 N–H and O–H groups in total. The minimum atomic E-state index is 0.0355. The number of carbonyl (C=O) groups is 1. The Kier molecular flexibility index (Phi) is 5.43. The Balaban J connectivity index is 1.39. The lowest BCUT2D eigenvalue weighted by Crippen LogP contribution is -2.31. The number of amides is 1. The van der Waals surface area contributed by atoms with Gasteiger partial charge in [-0.1, -0.05) is 48.5 Å². The molecule has 0 unspecified atom stereocenters. The van der Waals surface area contributed by atoms with Crippen LogP contribution in [0, 0.1) is 5.92 Å². The quantitative estimate of drug-likeness (QED) is 0.890. The molecular formula is C20H24N2O. The van der Waals surface area contributed by atoms with Crippen LogP contribution in [0.2, 0.25) is 0 Å². The third kappa shape index (κ3) is 4.67. The molecular weight excluding hydrogens is 284 g/mol. The van der Waals surface area contributed by atoms with Gasteiger partial charge in [-0.25, -0.2) is 0 Å². The van der Waals surface area contributed by atoms with Crippen LogP contribution in [-0.4, -0.2) is 37.0 Å². The van der Waals surface area contributed by atoms with Crippen LogP contribution in [0.3, 0.4) is 0 Å². The van der Waals surface area contributed by atoms with Gasteiger partial charge in [0.05, 0.1) is 0 Å². The average molecular weight is 308 g/mol. The van der Waals surface area contributed by atoms with Crippen LogP contribution in [0.15, 0.2) is 60.7 Å². The molecule has 1 atom stereocenters. The SMILES string of the molecule is O=C(NC[C@H]1CCN(CCc2ccccc2)C1)c1ccccc1. The average Bonchev–Trinajstić information content (AvgIpc) is 3.07. The molecule has 2 aromatic rings. The van der Waals surface area contributed by atoms with Crippen molar-refractivity contribution in [3.63, 3.8) is 0 Å². The molecule has 23 heavy (non-hydrogen) atoms. The number of likely N-dealkylation sites (tertiary alicyclic amines) is 1. The van der Waals surface area contributed by atoms with E-state index in [2.05, 4.69) is 40.5 Å². The van der Waals surface area contributed by atoms with Gasteiger partial charge in [0, 0.05) is 25.2 Å². The van der Waals surface area contributed by atoms with Gasteiger partial charge in [0.15, 0.2) is 0 Å². The fourth-order valence-corrected chi connectivity index (χ4v) is 3.14. The van der Waals surface area contributed by atoms with Gasteiger partial charge >= 0.3 is 0 Å². The highest BCUT2D eigenvalue weighted by Gasteiger charge is 2.22. The van der Waals surface area contributed by atoms with Crippen LogP contribution < -0.4 is 5.32 Å². The maximum Gasteiger partial charge on any atom is 0.251 e. The van der Waals surface area contributed by atoms with Crippen molar-refractivity contribution in [3.05, 3.63) is 71.8 Å². The number of benzene rings is 2. The van der Waals surface area contributed by atoms with Gasteiger partial charge in [-0.15, -0.1) is 0 Å². The Hall–Kier alpha value is -2.13. The highest BCUT2D eigenvalue weighted by molar-refractivity contribution is 5.94. The fraction of sp³-hybridized carbons (Fsp3) is 0.350. The predicted molar refractivity (Wildman–Crippen MR) is 93.5 cm³/mol. The molecule has 3 heteroatoms. The van der Waals surface area contributed by atoms with E-state index in [0.717, 1.165) is 38.2 Å². The summed E-state index contributed by atoms with van der Waals surface area (Å²) in [6, 6.07) is 20.1. The Morgan fingerprint density at radius 3 is 2.48 bits per heavy atom. The van der Waals surface area contributed by atoms with E-state index in [1.807, 2.05) is 30.3 Å². The first-order valence-corrected chi connectivity index (χ1v) is 8.41. The monoisotopic (exact) mass is 308 g/mol. The number of hydrogen-bond donors (Lipinski definition) is 1. The Labute approximate surface area is 138 Å². The van der Waals surface area contributed by atoms with E-state index in [0.29, 0.717) is 5.92 Å². The van der Waals surface area contributed by atoms with Gasteiger partial charge in [0.1, 0.15) is 0 Å². The molecule has 3 rings (SSSR count). The summed E-state index contributed by atoms with van der Waals surface area (Å²) >= 11 is 0. The van der Waals surface area contributed by atoms with Gasteiger partial charge in [0.2, 0.25) is 0 Å². The molecule has 0 saturated carbocycles. The summed E-state index contributed by atoms with van der Waals surface area (Å²) in [5.41, 5.74) is 2.14. The molecule has 1 fully saturated rings. The first kappa shape index (κ1) is 15.8. The lowest BCUT2D eigenvalue weighted by molar-refractivity contribution is 0.0947. The van der Waals surface area contributed by atoms with Crippen LogP contribution in [0.5, 0.6) is 0 Å². The van der Waals surface area contributed by atoms with E-state index < -0.39 is 0 Å². The van der Waals surface area contributed by atoms with Crippen molar-refractivity contribution >= 4 is 5.91 Å². The molecule has 1 amide bonds. The van der Waals surface area contributed by atoms with Crippen LogP contribution >= 0.6 is 0 Å². The van der Waals surface area contributed by atoms with Crippen molar-refractivity contribution in [2.75, 3.05) is 26.2 Å². The second kappa shape index (κ2) is 7.93. The van der Waals surface area contributed by atoms with E-state index in [-0.39, 0.29) is 5.91 Å². The fourth-order valence-electron chi connectivity index (χ4n) is 3.14. The summed E-state index contributed by atoms with van der Waals surface area (Å²) < 4.78 is 0. The van der Waals surface area contributed by atoms with E-state index in [1.165, 1.54) is 12.0 Å². The van der Waals surface area contributed by atoms with Gasteiger partial charge < -0.3 is 10.2 Å². The zero-order chi connectivity index (χ0) is 15.9. The van der Waals surface area contributed by atoms with Crippen molar-refractivity contribution in [2.45, 2.75) is 12.8 Å². The lowest BCUT2D eigenvalue weighted by atomic mass is 10.1. The molecule has 1 heterocycles. The predicted octanol–water partition coefficient (Wildman–Crippen LogP) is 2.98. The molecule has 120 valence electrons. The topological polar surface area (TPSA) is 32.3 Å². The first-order valence-electron chi connectivity index (χ1n) is 8.41. The van der Waals surface area contributed by atoms with E-state index in [9.17, 15) is 4.79 Å². The zero-order valence-corrected chi connectivity index (χ0v) is 13.4. The highest BCUT2D eigenvalue weighted by atomic mass is 16.1. The molecule has 0 bridgehead atoms. The van der Waals surface area contributed by atoms with Gasteiger partial charge in [-0.2, -0.15) is 0 Å². The second-order valence-electron chi connectivity index (χ2n) is 6.27. The van der Waals surface area contributed by atoms with Crippen molar-refractivity contribution in [3.8, 4) is 0 Å². The first-order chi connectivity index (χ1) is 11.3. The van der Waals surface area contributed by atoms with Gasteiger partial charge in [0.25, 0.3) is 5.91 Å². The summed E-state index contributed by atoms with van der Waals surface area (Å²) in [5.74, 6) is 0.603. The standard InChI is InChI=1S/C20H24N2O/c23-20(19-9-5-2-6-10-19)21-15-18-12-14-22(16-18)13-11-17-7-3-1-4-8-17/h1-10,18H,11-16H2,(H,21,23)/t18-/m1/s1. The second-order valence-corrected chi connectivity index (χ2v) is 6.27. The van der Waals surface area contributed by atoms with Crippen LogP contribution in [0.4, 0.5) is 0 Å². The molecule has 1 aliphatic heterocycles. The summed E-state index contributed by atoms with van der Waals surface area (Å²) in [7, 11) is 0. The number of nitrogens with zero attached hydrogens (tertiary/aromatic N) is 1. The smallest absolute Gasteiger partial charge is 0.251 e. The molecule has 2 aromatic carbocycles. The van der Waals surface area contributed by atoms with Crippen molar-refractivity contribution in [1.82, 2.24) is 10.2 Å². The molecule has 1 aliphatic rings. The van der Waals surface area contributed by atoms with Crippen LogP contribution in [-0.2, 0) is 6.42 Å². The lowest BCUT2D eigenvalue weighted by Gasteiger charge is -2.16. The summed E-state index contributed by atoms with van der Waals surface area (Å²) in [6.07, 6.45) is 2.27. The zero-order valence-electron chi connectivity index (χ0n) is 13.4. The Morgan fingerprint density at radius 1 is 1.04 bits per heavy atom. The highest BCUT2D eigenvalue weighted by Crippen LogP contribution is 2.16. The van der Waals surface area contributed by atoms with Gasteiger partial charge in [-0.3, -0.25) is 4.79 Å². The van der Waals surface area contributed by atoms with Crippen molar-refractivity contribution in [1.29, 1.82) is 0 Å². The number of carbonyl (C=O) groups excluding carboxylic acids is 1. The van der Waals surface area contributed by atoms with Crippen molar-refractivity contribution < 1.29 is 4.79 Å². The van der Waals surface area contributed by atoms with Crippen LogP contribution in [0.1, 0.15) is 22.3 Å². The molecule has 3 nitrogen and oxygen atoms in total. The normalized spacial score (nSPS) is 18.0. The van der Waals surface area contributed by atoms with Gasteiger partial charge in [-0.05, 0) is 43.0 Å². The summed E-state index contributed by atoms with van der Waals surface area (Å²) in [4.78, 5) is 14.6. The largest absolute Gasteiger partial charge is 0.352 e. The molecule has 1 saturated heterocycles. The third-order valence-corrected chi connectivity index (χ3v) is 4.52. The minimum Gasteiger partial charge on any atom is -0.352 e. The number of hydrogen-bond acceptors (Lipinski definition) is 2. The van der Waals surface area contributed by atoms with E-state index in [1.54, 1.807) is 0 Å². The van der Waals surface area contributed by atoms with E-state index in [4.69, 9.17) is 0 Å². The number of nitrogens with one attached hydrogen (secondary N) is 1. The molecule has 0 aliphatic carbocycles. The number of rotatable bonds is 6. The minimum absolute atomic E-state index is 0.0355. The molecule has 0 aromatic heterocycles. The maximum absolute atomic E-state index is 12.1. The Bertz CT molecular complexity index is 612.